The maximum atomic E-state index is 6.08. The molecule has 1 atom stereocenters. The third-order valence-electron chi connectivity index (χ3n) is 3.39. The molecule has 2 aromatic rings. The second kappa shape index (κ2) is 6.57. The molecule has 108 valence electrons. The maximum absolute atomic E-state index is 6.08. The number of halogens is 1. The summed E-state index contributed by atoms with van der Waals surface area (Å²) in [7, 11) is 1.67. The molecular formula is C15H19ClN2OS. The zero-order valence-corrected chi connectivity index (χ0v) is 13.5. The first-order chi connectivity index (χ1) is 9.55. The van der Waals surface area contributed by atoms with Gasteiger partial charge in [0.1, 0.15) is 5.75 Å². The van der Waals surface area contributed by atoms with E-state index in [1.54, 1.807) is 18.4 Å². The van der Waals surface area contributed by atoms with Crippen LogP contribution in [0.2, 0.25) is 5.02 Å². The Kier molecular flexibility index (Phi) is 5.02. The predicted octanol–water partition coefficient (Wildman–Crippen LogP) is 3.71. The van der Waals surface area contributed by atoms with E-state index in [9.17, 15) is 0 Å². The number of hydrogen-bond donors (Lipinski definition) is 1. The van der Waals surface area contributed by atoms with Crippen LogP contribution in [0.1, 0.15) is 27.1 Å². The molecule has 0 amide bonds. The lowest BCUT2D eigenvalue weighted by molar-refractivity contribution is 0.408. The smallest absolute Gasteiger partial charge is 0.122 e. The van der Waals surface area contributed by atoms with Crippen molar-refractivity contribution in [1.82, 2.24) is 4.98 Å². The van der Waals surface area contributed by atoms with Crippen LogP contribution < -0.4 is 10.5 Å². The van der Waals surface area contributed by atoms with Crippen LogP contribution in [0.5, 0.6) is 5.75 Å². The number of nitrogens with two attached hydrogens (primary N) is 1. The van der Waals surface area contributed by atoms with Gasteiger partial charge in [0, 0.05) is 22.4 Å². The lowest BCUT2D eigenvalue weighted by atomic mass is 9.99. The minimum Gasteiger partial charge on any atom is -0.496 e. The number of thiazole rings is 1. The zero-order chi connectivity index (χ0) is 14.7. The molecule has 0 radical (unpaired) electrons. The molecule has 1 heterocycles. The average Bonchev–Trinajstić information content (AvgIpc) is 2.76. The third-order valence-corrected chi connectivity index (χ3v) is 4.86. The Balaban J connectivity index is 2.28. The summed E-state index contributed by atoms with van der Waals surface area (Å²) in [5.74, 6) is 1.04. The van der Waals surface area contributed by atoms with Crippen molar-refractivity contribution in [3.8, 4) is 5.75 Å². The van der Waals surface area contributed by atoms with Crippen LogP contribution in [0, 0.1) is 13.8 Å². The predicted molar refractivity (Wildman–Crippen MR) is 85.1 cm³/mol. The molecule has 0 aliphatic rings. The van der Waals surface area contributed by atoms with Gasteiger partial charge in [-0.15, -0.1) is 11.3 Å². The molecule has 0 saturated heterocycles. The van der Waals surface area contributed by atoms with Gasteiger partial charge >= 0.3 is 0 Å². The van der Waals surface area contributed by atoms with Crippen molar-refractivity contribution in [3.63, 3.8) is 0 Å². The topological polar surface area (TPSA) is 48.1 Å². The van der Waals surface area contributed by atoms with Crippen molar-refractivity contribution in [3.05, 3.63) is 44.4 Å². The highest BCUT2D eigenvalue weighted by atomic mass is 35.5. The standard InChI is InChI=1S/C15H19ClN2OS/c1-9-10(2)20-15(18-9)12(8-17)6-11-7-13(16)4-5-14(11)19-3/h4-5,7,12H,6,8,17H2,1-3H3. The third kappa shape index (κ3) is 3.32. The monoisotopic (exact) mass is 310 g/mol. The van der Waals surface area contributed by atoms with E-state index < -0.39 is 0 Å². The summed E-state index contributed by atoms with van der Waals surface area (Å²) in [6, 6.07) is 5.67. The first-order valence-corrected chi connectivity index (χ1v) is 7.71. The number of rotatable bonds is 5. The summed E-state index contributed by atoms with van der Waals surface area (Å²) in [6.07, 6.45) is 0.784. The van der Waals surface area contributed by atoms with E-state index in [2.05, 4.69) is 11.9 Å². The highest BCUT2D eigenvalue weighted by molar-refractivity contribution is 7.11. The fraction of sp³-hybridized carbons (Fsp3) is 0.400. The van der Waals surface area contributed by atoms with Gasteiger partial charge in [-0.3, -0.25) is 0 Å². The number of hydrogen-bond acceptors (Lipinski definition) is 4. The number of aromatic nitrogens is 1. The molecule has 2 N–H and O–H groups in total. The van der Waals surface area contributed by atoms with Gasteiger partial charge in [-0.1, -0.05) is 11.6 Å². The first kappa shape index (κ1) is 15.3. The Bertz CT molecular complexity index is 578. The van der Waals surface area contributed by atoms with Gasteiger partial charge in [0.2, 0.25) is 0 Å². The highest BCUT2D eigenvalue weighted by Crippen LogP contribution is 2.31. The maximum Gasteiger partial charge on any atom is 0.122 e. The van der Waals surface area contributed by atoms with Crippen LogP contribution in [-0.4, -0.2) is 18.6 Å². The summed E-state index contributed by atoms with van der Waals surface area (Å²) in [5, 5.41) is 1.80. The molecule has 20 heavy (non-hydrogen) atoms. The van der Waals surface area contributed by atoms with Crippen molar-refractivity contribution in [2.45, 2.75) is 26.2 Å². The van der Waals surface area contributed by atoms with E-state index in [0.717, 1.165) is 28.4 Å². The van der Waals surface area contributed by atoms with Crippen LogP contribution in [0.25, 0.3) is 0 Å². The van der Waals surface area contributed by atoms with Gasteiger partial charge in [-0.05, 0) is 44.0 Å². The number of benzene rings is 1. The molecular weight excluding hydrogens is 292 g/mol. The number of methoxy groups -OCH3 is 1. The van der Waals surface area contributed by atoms with E-state index in [0.29, 0.717) is 11.6 Å². The number of aryl methyl sites for hydroxylation is 2. The molecule has 3 nitrogen and oxygen atoms in total. The Morgan fingerprint density at radius 3 is 2.70 bits per heavy atom. The minimum atomic E-state index is 0.194. The lowest BCUT2D eigenvalue weighted by Gasteiger charge is -2.15. The van der Waals surface area contributed by atoms with Crippen molar-refractivity contribution < 1.29 is 4.74 Å². The largest absolute Gasteiger partial charge is 0.496 e. The van der Waals surface area contributed by atoms with Gasteiger partial charge in [-0.25, -0.2) is 4.98 Å². The fourth-order valence-electron chi connectivity index (χ4n) is 2.12. The molecule has 1 unspecified atom stereocenters. The van der Waals surface area contributed by atoms with E-state index in [-0.39, 0.29) is 5.92 Å². The van der Waals surface area contributed by atoms with Gasteiger partial charge in [0.25, 0.3) is 0 Å². The SMILES string of the molecule is COc1ccc(Cl)cc1CC(CN)c1nc(C)c(C)s1. The fourth-order valence-corrected chi connectivity index (χ4v) is 3.35. The number of ether oxygens (including phenoxy) is 1. The normalized spacial score (nSPS) is 12.4. The number of nitrogens with zero attached hydrogens (tertiary/aromatic N) is 1. The van der Waals surface area contributed by atoms with Crippen molar-refractivity contribution in [2.24, 2.45) is 5.73 Å². The van der Waals surface area contributed by atoms with Crippen molar-refractivity contribution in [1.29, 1.82) is 0 Å². The van der Waals surface area contributed by atoms with Crippen LogP contribution in [0.15, 0.2) is 18.2 Å². The molecule has 0 fully saturated rings. The average molecular weight is 311 g/mol. The minimum absolute atomic E-state index is 0.194. The Morgan fingerprint density at radius 1 is 1.40 bits per heavy atom. The Hall–Kier alpha value is -1.10. The molecule has 0 bridgehead atoms. The highest BCUT2D eigenvalue weighted by Gasteiger charge is 2.18. The molecule has 0 aliphatic carbocycles. The lowest BCUT2D eigenvalue weighted by Crippen LogP contribution is -2.15. The molecule has 1 aromatic carbocycles. The first-order valence-electron chi connectivity index (χ1n) is 6.51. The van der Waals surface area contributed by atoms with Crippen LogP contribution in [0.4, 0.5) is 0 Å². The van der Waals surface area contributed by atoms with Gasteiger partial charge < -0.3 is 10.5 Å². The summed E-state index contributed by atoms with van der Waals surface area (Å²) in [6.45, 7) is 4.68. The summed E-state index contributed by atoms with van der Waals surface area (Å²) >= 11 is 7.79. The van der Waals surface area contributed by atoms with Crippen LogP contribution in [0.3, 0.4) is 0 Å². The molecule has 5 heteroatoms. The Labute approximate surface area is 128 Å². The van der Waals surface area contributed by atoms with Gasteiger partial charge in [0.05, 0.1) is 17.8 Å². The van der Waals surface area contributed by atoms with E-state index >= 15 is 0 Å². The van der Waals surface area contributed by atoms with Crippen LogP contribution >= 0.6 is 22.9 Å². The van der Waals surface area contributed by atoms with E-state index in [4.69, 9.17) is 22.1 Å². The Morgan fingerprint density at radius 2 is 2.15 bits per heavy atom. The zero-order valence-electron chi connectivity index (χ0n) is 11.9. The molecule has 0 spiro atoms. The van der Waals surface area contributed by atoms with Crippen LogP contribution in [-0.2, 0) is 6.42 Å². The molecule has 0 aliphatic heterocycles. The van der Waals surface area contributed by atoms with Crippen molar-refractivity contribution >= 4 is 22.9 Å². The molecule has 0 saturated carbocycles. The van der Waals surface area contributed by atoms with Gasteiger partial charge in [0.15, 0.2) is 0 Å². The summed E-state index contributed by atoms with van der Waals surface area (Å²) in [4.78, 5) is 5.87. The molecule has 1 aromatic heterocycles. The summed E-state index contributed by atoms with van der Waals surface area (Å²) < 4.78 is 5.39. The van der Waals surface area contributed by atoms with Gasteiger partial charge in [-0.2, -0.15) is 0 Å². The van der Waals surface area contributed by atoms with Crippen molar-refractivity contribution in [2.75, 3.05) is 13.7 Å². The molecule has 2 rings (SSSR count). The van der Waals surface area contributed by atoms with E-state index in [1.165, 1.54) is 4.88 Å². The second-order valence-corrected chi connectivity index (χ2v) is 6.46. The second-order valence-electron chi connectivity index (χ2n) is 4.79. The summed E-state index contributed by atoms with van der Waals surface area (Å²) in [5.41, 5.74) is 8.09. The quantitative estimate of drug-likeness (QED) is 0.916. The van der Waals surface area contributed by atoms with E-state index in [1.807, 2.05) is 25.1 Å².